The molecule has 0 aliphatic carbocycles. The Hall–Kier alpha value is -3.40. The molecule has 3 rings (SSSR count). The van der Waals surface area contributed by atoms with Crippen molar-refractivity contribution in [3.8, 4) is 16.9 Å². The average molecular weight is 345 g/mol. The molecule has 0 bridgehead atoms. The van der Waals surface area contributed by atoms with Crippen molar-refractivity contribution in [3.63, 3.8) is 0 Å². The molecule has 0 heterocycles. The van der Waals surface area contributed by atoms with Crippen molar-refractivity contribution in [2.45, 2.75) is 6.92 Å². The van der Waals surface area contributed by atoms with Crippen molar-refractivity contribution in [2.75, 3.05) is 11.9 Å². The minimum Gasteiger partial charge on any atom is -0.484 e. The van der Waals surface area contributed by atoms with Crippen LogP contribution in [0.4, 0.5) is 5.69 Å². The third-order valence-electron chi connectivity index (χ3n) is 3.89. The summed E-state index contributed by atoms with van der Waals surface area (Å²) in [7, 11) is 0. The van der Waals surface area contributed by atoms with E-state index in [-0.39, 0.29) is 18.3 Å². The normalized spacial score (nSPS) is 10.2. The molecule has 0 aliphatic rings. The SMILES string of the molecule is CC(=O)c1cccc(OCC(=O)Nc2ccc(-c3ccccc3)cc2)c1. The van der Waals surface area contributed by atoms with Crippen LogP contribution < -0.4 is 10.1 Å². The lowest BCUT2D eigenvalue weighted by atomic mass is 10.1. The molecule has 0 aliphatic heterocycles. The van der Waals surface area contributed by atoms with Gasteiger partial charge in [-0.25, -0.2) is 0 Å². The number of benzene rings is 3. The summed E-state index contributed by atoms with van der Waals surface area (Å²) in [4.78, 5) is 23.4. The van der Waals surface area contributed by atoms with E-state index in [1.54, 1.807) is 24.3 Å². The van der Waals surface area contributed by atoms with Crippen LogP contribution >= 0.6 is 0 Å². The largest absolute Gasteiger partial charge is 0.484 e. The zero-order chi connectivity index (χ0) is 18.4. The highest BCUT2D eigenvalue weighted by Gasteiger charge is 2.06. The third kappa shape index (κ3) is 4.57. The molecular weight excluding hydrogens is 326 g/mol. The minimum atomic E-state index is -0.259. The zero-order valence-corrected chi connectivity index (χ0v) is 14.4. The predicted octanol–water partition coefficient (Wildman–Crippen LogP) is 4.57. The number of ether oxygens (including phenoxy) is 1. The summed E-state index contributed by atoms with van der Waals surface area (Å²) < 4.78 is 5.46. The number of nitrogens with one attached hydrogen (secondary N) is 1. The maximum Gasteiger partial charge on any atom is 0.262 e. The Morgan fingerprint density at radius 1 is 0.846 bits per heavy atom. The Morgan fingerprint density at radius 2 is 1.54 bits per heavy atom. The van der Waals surface area contributed by atoms with E-state index in [2.05, 4.69) is 5.32 Å². The fraction of sp³-hybridized carbons (Fsp3) is 0.0909. The first-order chi connectivity index (χ1) is 12.6. The summed E-state index contributed by atoms with van der Waals surface area (Å²) in [5, 5.41) is 2.80. The van der Waals surface area contributed by atoms with Crippen LogP contribution in [0.5, 0.6) is 5.75 Å². The first-order valence-electron chi connectivity index (χ1n) is 8.31. The second kappa shape index (κ2) is 8.12. The molecule has 3 aromatic carbocycles. The maximum absolute atomic E-state index is 12.1. The van der Waals surface area contributed by atoms with E-state index in [0.29, 0.717) is 17.0 Å². The van der Waals surface area contributed by atoms with Crippen molar-refractivity contribution < 1.29 is 14.3 Å². The van der Waals surface area contributed by atoms with E-state index in [1.165, 1.54) is 6.92 Å². The molecule has 26 heavy (non-hydrogen) atoms. The van der Waals surface area contributed by atoms with Crippen LogP contribution in [-0.2, 0) is 4.79 Å². The molecule has 1 amide bonds. The smallest absolute Gasteiger partial charge is 0.262 e. The molecule has 0 atom stereocenters. The highest BCUT2D eigenvalue weighted by molar-refractivity contribution is 5.94. The Bertz CT molecular complexity index is 902. The molecule has 0 aromatic heterocycles. The molecular formula is C22H19NO3. The van der Waals surface area contributed by atoms with Gasteiger partial charge in [0, 0.05) is 11.3 Å². The van der Waals surface area contributed by atoms with Crippen molar-refractivity contribution in [3.05, 3.63) is 84.4 Å². The van der Waals surface area contributed by atoms with Crippen LogP contribution in [-0.4, -0.2) is 18.3 Å². The molecule has 0 fully saturated rings. The van der Waals surface area contributed by atoms with Gasteiger partial charge >= 0.3 is 0 Å². The Balaban J connectivity index is 1.57. The second-order valence-electron chi connectivity index (χ2n) is 5.86. The molecule has 0 spiro atoms. The van der Waals surface area contributed by atoms with E-state index in [0.717, 1.165) is 11.1 Å². The quantitative estimate of drug-likeness (QED) is 0.666. The summed E-state index contributed by atoms with van der Waals surface area (Å²) >= 11 is 0. The van der Waals surface area contributed by atoms with Crippen molar-refractivity contribution >= 4 is 17.4 Å². The van der Waals surface area contributed by atoms with E-state index < -0.39 is 0 Å². The summed E-state index contributed by atoms with van der Waals surface area (Å²) in [6.45, 7) is 1.37. The third-order valence-corrected chi connectivity index (χ3v) is 3.89. The zero-order valence-electron chi connectivity index (χ0n) is 14.4. The van der Waals surface area contributed by atoms with Gasteiger partial charge in [-0.15, -0.1) is 0 Å². The topological polar surface area (TPSA) is 55.4 Å². The predicted molar refractivity (Wildman–Crippen MR) is 102 cm³/mol. The van der Waals surface area contributed by atoms with E-state index in [4.69, 9.17) is 4.74 Å². The van der Waals surface area contributed by atoms with Gasteiger partial charge in [-0.2, -0.15) is 0 Å². The number of ketones is 1. The van der Waals surface area contributed by atoms with E-state index in [9.17, 15) is 9.59 Å². The number of carbonyl (C=O) groups excluding carboxylic acids is 2. The van der Waals surface area contributed by atoms with E-state index >= 15 is 0 Å². The summed E-state index contributed by atoms with van der Waals surface area (Å²) in [5.41, 5.74) is 3.47. The van der Waals surface area contributed by atoms with Gasteiger partial charge < -0.3 is 10.1 Å². The fourth-order valence-electron chi connectivity index (χ4n) is 2.53. The monoisotopic (exact) mass is 345 g/mol. The molecule has 1 N–H and O–H groups in total. The van der Waals surface area contributed by atoms with Gasteiger partial charge in [0.05, 0.1) is 0 Å². The highest BCUT2D eigenvalue weighted by atomic mass is 16.5. The molecule has 0 saturated carbocycles. The van der Waals surface area contributed by atoms with Crippen LogP contribution in [0.3, 0.4) is 0 Å². The Kier molecular flexibility index (Phi) is 5.44. The fourth-order valence-corrected chi connectivity index (χ4v) is 2.53. The van der Waals surface area contributed by atoms with Gasteiger partial charge in [-0.1, -0.05) is 54.6 Å². The van der Waals surface area contributed by atoms with Gasteiger partial charge in [-0.05, 0) is 42.3 Å². The standard InChI is InChI=1S/C22H19NO3/c1-16(24)19-8-5-9-21(14-19)26-15-22(25)23-20-12-10-18(11-13-20)17-6-3-2-4-7-17/h2-14H,15H2,1H3,(H,23,25). The molecule has 130 valence electrons. The van der Waals surface area contributed by atoms with Crippen LogP contribution in [0, 0.1) is 0 Å². The summed E-state index contributed by atoms with van der Waals surface area (Å²) in [6, 6.07) is 24.5. The number of carbonyl (C=O) groups is 2. The molecule has 4 nitrogen and oxygen atoms in total. The molecule has 3 aromatic rings. The summed E-state index contributed by atoms with van der Waals surface area (Å²) in [5.74, 6) is 0.191. The minimum absolute atomic E-state index is 0.0431. The van der Waals surface area contributed by atoms with Crippen LogP contribution in [0.25, 0.3) is 11.1 Å². The van der Waals surface area contributed by atoms with Gasteiger partial charge in [-0.3, -0.25) is 9.59 Å². The molecule has 0 saturated heterocycles. The van der Waals surface area contributed by atoms with Crippen molar-refractivity contribution in [2.24, 2.45) is 0 Å². The lowest BCUT2D eigenvalue weighted by Gasteiger charge is -2.09. The lowest BCUT2D eigenvalue weighted by molar-refractivity contribution is -0.118. The Labute approximate surface area is 152 Å². The van der Waals surface area contributed by atoms with E-state index in [1.807, 2.05) is 54.6 Å². The number of hydrogen-bond donors (Lipinski definition) is 1. The van der Waals surface area contributed by atoms with Crippen LogP contribution in [0.15, 0.2) is 78.9 Å². The maximum atomic E-state index is 12.1. The van der Waals surface area contributed by atoms with Gasteiger partial charge in [0.1, 0.15) is 5.75 Å². The number of rotatable bonds is 6. The summed E-state index contributed by atoms with van der Waals surface area (Å²) in [6.07, 6.45) is 0. The molecule has 4 heteroatoms. The second-order valence-corrected chi connectivity index (χ2v) is 5.86. The average Bonchev–Trinajstić information content (AvgIpc) is 2.68. The first kappa shape index (κ1) is 17.4. The molecule has 0 unspecified atom stereocenters. The number of anilines is 1. The molecule has 0 radical (unpaired) electrons. The van der Waals surface area contributed by atoms with Gasteiger partial charge in [0.15, 0.2) is 12.4 Å². The number of amides is 1. The van der Waals surface area contributed by atoms with Crippen LogP contribution in [0.2, 0.25) is 0 Å². The highest BCUT2D eigenvalue weighted by Crippen LogP contribution is 2.21. The number of Topliss-reactive ketones (excluding diaryl/α,β-unsaturated/α-hetero) is 1. The van der Waals surface area contributed by atoms with Crippen molar-refractivity contribution in [1.82, 2.24) is 0 Å². The van der Waals surface area contributed by atoms with Gasteiger partial charge in [0.25, 0.3) is 5.91 Å². The Morgan fingerprint density at radius 3 is 2.23 bits per heavy atom. The number of hydrogen-bond acceptors (Lipinski definition) is 3. The van der Waals surface area contributed by atoms with Crippen molar-refractivity contribution in [1.29, 1.82) is 0 Å². The van der Waals surface area contributed by atoms with Crippen LogP contribution in [0.1, 0.15) is 17.3 Å². The lowest BCUT2D eigenvalue weighted by Crippen LogP contribution is -2.20. The van der Waals surface area contributed by atoms with Gasteiger partial charge in [0.2, 0.25) is 0 Å². The first-order valence-corrected chi connectivity index (χ1v) is 8.31.